The van der Waals surface area contributed by atoms with Crippen LogP contribution in [-0.2, 0) is 4.79 Å². The van der Waals surface area contributed by atoms with Crippen molar-refractivity contribution in [3.05, 3.63) is 0 Å². The van der Waals surface area contributed by atoms with E-state index in [1.165, 1.54) is 0 Å². The van der Waals surface area contributed by atoms with Crippen LogP contribution in [0.3, 0.4) is 0 Å². The van der Waals surface area contributed by atoms with Crippen LogP contribution in [0.25, 0.3) is 0 Å². The molecule has 1 N–H and O–H groups in total. The first-order chi connectivity index (χ1) is 4.74. The summed E-state index contributed by atoms with van der Waals surface area (Å²) in [7, 11) is 1.85. The molecule has 0 aromatic heterocycles. The smallest absolute Gasteiger partial charge is 0.236 e. The number of piperazine rings is 1. The molecule has 1 fully saturated rings. The highest BCUT2D eigenvalue weighted by Crippen LogP contribution is 1.99. The van der Waals surface area contributed by atoms with Crippen LogP contribution < -0.4 is 5.32 Å². The summed E-state index contributed by atoms with van der Waals surface area (Å²) in [5.74, 6) is 0.199. The quantitative estimate of drug-likeness (QED) is 0.551. The number of amides is 1. The van der Waals surface area contributed by atoms with Crippen molar-refractivity contribution in [2.45, 2.75) is 19.4 Å². The second kappa shape index (κ2) is 3.01. The van der Waals surface area contributed by atoms with Gasteiger partial charge in [0, 0.05) is 19.6 Å². The summed E-state index contributed by atoms with van der Waals surface area (Å²) >= 11 is 0. The maximum atomic E-state index is 10.9. The predicted molar refractivity (Wildman–Crippen MR) is 39.7 cm³/mol. The van der Waals surface area contributed by atoms with E-state index >= 15 is 0 Å². The van der Waals surface area contributed by atoms with E-state index in [0.717, 1.165) is 13.0 Å². The highest BCUT2D eigenvalue weighted by molar-refractivity contribution is 5.78. The third kappa shape index (κ3) is 1.48. The Morgan fingerprint density at radius 2 is 2.50 bits per heavy atom. The van der Waals surface area contributed by atoms with Gasteiger partial charge in [-0.15, -0.1) is 0 Å². The standard InChI is InChI=1S/C7H14N2O/c1-3-6-5-9(2)7(10)4-8-6/h6,8H,3-5H2,1-2H3. The molecule has 0 bridgehead atoms. The summed E-state index contributed by atoms with van der Waals surface area (Å²) in [4.78, 5) is 12.7. The van der Waals surface area contributed by atoms with Crippen LogP contribution in [-0.4, -0.2) is 37.0 Å². The Morgan fingerprint density at radius 1 is 1.80 bits per heavy atom. The zero-order valence-electron chi connectivity index (χ0n) is 6.55. The summed E-state index contributed by atoms with van der Waals surface area (Å²) < 4.78 is 0. The first-order valence-electron chi connectivity index (χ1n) is 3.71. The van der Waals surface area contributed by atoms with Crippen molar-refractivity contribution >= 4 is 5.91 Å². The molecule has 0 radical (unpaired) electrons. The number of carbonyl (C=O) groups excluding carboxylic acids is 1. The van der Waals surface area contributed by atoms with Gasteiger partial charge in [-0.3, -0.25) is 4.79 Å². The molecule has 1 heterocycles. The Kier molecular flexibility index (Phi) is 2.27. The van der Waals surface area contributed by atoms with Crippen molar-refractivity contribution < 1.29 is 4.79 Å². The van der Waals surface area contributed by atoms with Gasteiger partial charge >= 0.3 is 0 Å². The van der Waals surface area contributed by atoms with Crippen molar-refractivity contribution in [2.75, 3.05) is 20.1 Å². The first kappa shape index (κ1) is 7.54. The highest BCUT2D eigenvalue weighted by atomic mass is 16.2. The fourth-order valence-corrected chi connectivity index (χ4v) is 1.14. The summed E-state index contributed by atoms with van der Waals surface area (Å²) in [5.41, 5.74) is 0. The van der Waals surface area contributed by atoms with Gasteiger partial charge in [-0.1, -0.05) is 6.92 Å². The maximum Gasteiger partial charge on any atom is 0.236 e. The van der Waals surface area contributed by atoms with Gasteiger partial charge in [0.25, 0.3) is 0 Å². The lowest BCUT2D eigenvalue weighted by Gasteiger charge is -2.29. The molecule has 3 nitrogen and oxygen atoms in total. The minimum absolute atomic E-state index is 0.199. The number of hydrogen-bond donors (Lipinski definition) is 1. The molecule has 10 heavy (non-hydrogen) atoms. The average molecular weight is 142 g/mol. The molecule has 1 aliphatic rings. The molecule has 1 amide bonds. The summed E-state index contributed by atoms with van der Waals surface area (Å²) in [5, 5.41) is 3.16. The highest BCUT2D eigenvalue weighted by Gasteiger charge is 2.19. The number of hydrogen-bond acceptors (Lipinski definition) is 2. The van der Waals surface area contributed by atoms with E-state index in [0.29, 0.717) is 12.6 Å². The summed E-state index contributed by atoms with van der Waals surface area (Å²) in [6, 6.07) is 0.502. The Morgan fingerprint density at radius 3 is 3.00 bits per heavy atom. The summed E-state index contributed by atoms with van der Waals surface area (Å²) in [6.45, 7) is 3.49. The summed E-state index contributed by atoms with van der Waals surface area (Å²) in [6.07, 6.45) is 1.09. The molecule has 58 valence electrons. The number of likely N-dealkylation sites (N-methyl/N-ethyl adjacent to an activating group) is 1. The van der Waals surface area contributed by atoms with Crippen LogP contribution >= 0.6 is 0 Å². The number of rotatable bonds is 1. The minimum atomic E-state index is 0.199. The Hall–Kier alpha value is -0.570. The van der Waals surface area contributed by atoms with Crippen LogP contribution in [0, 0.1) is 0 Å². The van der Waals surface area contributed by atoms with Crippen molar-refractivity contribution in [2.24, 2.45) is 0 Å². The first-order valence-corrected chi connectivity index (χ1v) is 3.71. The monoisotopic (exact) mass is 142 g/mol. The van der Waals surface area contributed by atoms with E-state index in [-0.39, 0.29) is 5.91 Å². The lowest BCUT2D eigenvalue weighted by Crippen LogP contribution is -2.52. The molecule has 1 rings (SSSR count). The second-order valence-electron chi connectivity index (χ2n) is 2.76. The van der Waals surface area contributed by atoms with Gasteiger partial charge < -0.3 is 10.2 Å². The van der Waals surface area contributed by atoms with Crippen LogP contribution in [0.4, 0.5) is 0 Å². The normalized spacial score (nSPS) is 27.2. The molecule has 0 spiro atoms. The van der Waals surface area contributed by atoms with E-state index in [1.807, 2.05) is 7.05 Å². The van der Waals surface area contributed by atoms with Gasteiger partial charge in [0.1, 0.15) is 0 Å². The van der Waals surface area contributed by atoms with Gasteiger partial charge in [0.05, 0.1) is 6.54 Å². The molecule has 3 heteroatoms. The maximum absolute atomic E-state index is 10.9. The van der Waals surface area contributed by atoms with Crippen LogP contribution in [0.1, 0.15) is 13.3 Å². The Bertz CT molecular complexity index is 136. The molecular formula is C7H14N2O. The second-order valence-corrected chi connectivity index (χ2v) is 2.76. The molecule has 1 aliphatic heterocycles. The van der Waals surface area contributed by atoms with E-state index in [2.05, 4.69) is 12.2 Å². The third-order valence-corrected chi connectivity index (χ3v) is 1.95. The fraction of sp³-hybridized carbons (Fsp3) is 0.857. The van der Waals surface area contributed by atoms with Crippen molar-refractivity contribution in [1.29, 1.82) is 0 Å². The van der Waals surface area contributed by atoms with Gasteiger partial charge in [-0.25, -0.2) is 0 Å². The van der Waals surface area contributed by atoms with Crippen molar-refractivity contribution in [3.63, 3.8) is 0 Å². The predicted octanol–water partition coefficient (Wildman–Crippen LogP) is -0.173. The van der Waals surface area contributed by atoms with E-state index in [4.69, 9.17) is 0 Å². The largest absolute Gasteiger partial charge is 0.343 e. The Labute approximate surface area is 61.4 Å². The van der Waals surface area contributed by atoms with Crippen LogP contribution in [0.2, 0.25) is 0 Å². The minimum Gasteiger partial charge on any atom is -0.343 e. The van der Waals surface area contributed by atoms with E-state index in [1.54, 1.807) is 4.90 Å². The molecule has 1 atom stereocenters. The molecule has 1 unspecified atom stereocenters. The zero-order valence-corrected chi connectivity index (χ0v) is 6.55. The topological polar surface area (TPSA) is 32.3 Å². The lowest BCUT2D eigenvalue weighted by atomic mass is 10.2. The molecule has 0 aromatic carbocycles. The van der Waals surface area contributed by atoms with Gasteiger partial charge in [-0.05, 0) is 6.42 Å². The van der Waals surface area contributed by atoms with E-state index < -0.39 is 0 Å². The molecular weight excluding hydrogens is 128 g/mol. The molecule has 0 aromatic rings. The molecule has 1 saturated heterocycles. The number of carbonyl (C=O) groups is 1. The number of nitrogens with one attached hydrogen (secondary N) is 1. The van der Waals surface area contributed by atoms with Crippen molar-refractivity contribution in [3.8, 4) is 0 Å². The van der Waals surface area contributed by atoms with Gasteiger partial charge in [-0.2, -0.15) is 0 Å². The number of nitrogens with zero attached hydrogens (tertiary/aromatic N) is 1. The van der Waals surface area contributed by atoms with Crippen LogP contribution in [0.15, 0.2) is 0 Å². The van der Waals surface area contributed by atoms with Gasteiger partial charge in [0.2, 0.25) is 5.91 Å². The fourth-order valence-electron chi connectivity index (χ4n) is 1.14. The average Bonchev–Trinajstić information content (AvgIpc) is 1.95. The lowest BCUT2D eigenvalue weighted by molar-refractivity contribution is -0.131. The van der Waals surface area contributed by atoms with Gasteiger partial charge in [0.15, 0.2) is 0 Å². The molecule has 0 aliphatic carbocycles. The third-order valence-electron chi connectivity index (χ3n) is 1.95. The van der Waals surface area contributed by atoms with E-state index in [9.17, 15) is 4.79 Å². The van der Waals surface area contributed by atoms with Crippen molar-refractivity contribution in [1.82, 2.24) is 10.2 Å². The zero-order chi connectivity index (χ0) is 7.56. The SMILES string of the molecule is CCC1CN(C)C(=O)CN1. The molecule has 0 saturated carbocycles. The Balaban J connectivity index is 2.40. The van der Waals surface area contributed by atoms with Crippen LogP contribution in [0.5, 0.6) is 0 Å².